The molecule has 2 N–H and O–H groups in total. The second kappa shape index (κ2) is 9.70. The molecule has 2 aromatic heterocycles. The summed E-state index contributed by atoms with van der Waals surface area (Å²) in [5.74, 6) is 2.87. The van der Waals surface area contributed by atoms with E-state index in [1.54, 1.807) is 12.4 Å². The van der Waals surface area contributed by atoms with E-state index in [2.05, 4.69) is 48.2 Å². The van der Waals surface area contributed by atoms with Gasteiger partial charge in [0.15, 0.2) is 5.96 Å². The molecule has 0 aromatic carbocycles. The van der Waals surface area contributed by atoms with E-state index in [1.807, 2.05) is 18.5 Å². The van der Waals surface area contributed by atoms with Crippen LogP contribution in [0.1, 0.15) is 19.7 Å². The van der Waals surface area contributed by atoms with E-state index in [-0.39, 0.29) is 24.0 Å². The molecule has 0 unspecified atom stereocenters. The zero-order valence-corrected chi connectivity index (χ0v) is 17.7. The fraction of sp³-hybridized carbons (Fsp3) is 0.529. The van der Waals surface area contributed by atoms with Gasteiger partial charge in [-0.25, -0.2) is 19.9 Å². The zero-order valence-electron chi connectivity index (χ0n) is 15.3. The zero-order chi connectivity index (χ0) is 17.6. The first-order valence-electron chi connectivity index (χ1n) is 8.70. The van der Waals surface area contributed by atoms with Crippen LogP contribution in [-0.2, 0) is 13.1 Å². The first-order chi connectivity index (χ1) is 12.1. The van der Waals surface area contributed by atoms with Crippen LogP contribution in [0.4, 0.5) is 5.95 Å². The number of anilines is 1. The van der Waals surface area contributed by atoms with Crippen molar-refractivity contribution >= 4 is 35.9 Å². The molecule has 0 amide bonds. The Morgan fingerprint density at radius 2 is 1.81 bits per heavy atom. The Morgan fingerprint density at radius 3 is 2.46 bits per heavy atom. The number of nitrogens with zero attached hydrogens (tertiary/aromatic N) is 7. The molecular weight excluding hydrogens is 443 g/mol. The maximum atomic E-state index is 6.19. The third-order valence-corrected chi connectivity index (χ3v) is 4.18. The normalized spacial score (nSPS) is 15.3. The van der Waals surface area contributed by atoms with E-state index < -0.39 is 0 Å². The van der Waals surface area contributed by atoms with Crippen molar-refractivity contribution in [1.82, 2.24) is 24.4 Å². The van der Waals surface area contributed by atoms with Gasteiger partial charge in [-0.1, -0.05) is 13.8 Å². The number of aliphatic imine (C=N–C) groups is 1. The van der Waals surface area contributed by atoms with Gasteiger partial charge in [-0.3, -0.25) is 0 Å². The third-order valence-electron chi connectivity index (χ3n) is 4.18. The number of aromatic nitrogens is 4. The van der Waals surface area contributed by atoms with E-state index in [0.717, 1.165) is 44.5 Å². The number of hydrogen-bond donors (Lipinski definition) is 1. The fourth-order valence-corrected chi connectivity index (χ4v) is 2.89. The summed E-state index contributed by atoms with van der Waals surface area (Å²) in [5, 5.41) is 0. The first-order valence-corrected chi connectivity index (χ1v) is 8.70. The summed E-state index contributed by atoms with van der Waals surface area (Å²) in [6.45, 7) is 9.13. The largest absolute Gasteiger partial charge is 0.370 e. The number of halogens is 1. The van der Waals surface area contributed by atoms with Crippen LogP contribution in [-0.4, -0.2) is 56.6 Å². The molecule has 3 rings (SSSR count). The lowest BCUT2D eigenvalue weighted by atomic mass is 10.2. The minimum absolute atomic E-state index is 0. The van der Waals surface area contributed by atoms with Crippen molar-refractivity contribution in [3.8, 4) is 0 Å². The van der Waals surface area contributed by atoms with Gasteiger partial charge < -0.3 is 20.1 Å². The van der Waals surface area contributed by atoms with Crippen molar-refractivity contribution in [3.63, 3.8) is 0 Å². The van der Waals surface area contributed by atoms with Gasteiger partial charge in [-0.2, -0.15) is 0 Å². The molecule has 2 aromatic rings. The monoisotopic (exact) mass is 470 g/mol. The summed E-state index contributed by atoms with van der Waals surface area (Å²) in [7, 11) is 0. The van der Waals surface area contributed by atoms with Crippen molar-refractivity contribution in [1.29, 1.82) is 0 Å². The average molecular weight is 470 g/mol. The van der Waals surface area contributed by atoms with Gasteiger partial charge in [0, 0.05) is 57.5 Å². The van der Waals surface area contributed by atoms with E-state index in [4.69, 9.17) is 5.73 Å². The second-order valence-electron chi connectivity index (χ2n) is 6.59. The van der Waals surface area contributed by atoms with Crippen LogP contribution in [0.2, 0.25) is 0 Å². The Hall–Kier alpha value is -1.91. The quantitative estimate of drug-likeness (QED) is 0.406. The van der Waals surface area contributed by atoms with Crippen molar-refractivity contribution in [3.05, 3.63) is 36.7 Å². The van der Waals surface area contributed by atoms with Crippen LogP contribution in [0.15, 0.2) is 35.8 Å². The summed E-state index contributed by atoms with van der Waals surface area (Å²) in [5.41, 5.74) is 6.19. The highest BCUT2D eigenvalue weighted by Crippen LogP contribution is 2.10. The van der Waals surface area contributed by atoms with Crippen molar-refractivity contribution in [2.75, 3.05) is 31.1 Å². The molecule has 0 spiro atoms. The van der Waals surface area contributed by atoms with E-state index in [1.165, 1.54) is 0 Å². The van der Waals surface area contributed by atoms with Gasteiger partial charge in [0.1, 0.15) is 12.4 Å². The number of piperazine rings is 1. The molecule has 1 aliphatic rings. The Bertz CT molecular complexity index is 692. The van der Waals surface area contributed by atoms with Crippen LogP contribution in [0.3, 0.4) is 0 Å². The first kappa shape index (κ1) is 20.4. The highest BCUT2D eigenvalue weighted by Gasteiger charge is 2.20. The van der Waals surface area contributed by atoms with Gasteiger partial charge in [-0.15, -0.1) is 24.0 Å². The summed E-state index contributed by atoms with van der Waals surface area (Å²) < 4.78 is 2.14. The molecule has 1 fully saturated rings. The number of guanidine groups is 1. The highest BCUT2D eigenvalue weighted by atomic mass is 127. The van der Waals surface area contributed by atoms with Crippen molar-refractivity contribution in [2.45, 2.75) is 26.9 Å². The van der Waals surface area contributed by atoms with Crippen molar-refractivity contribution in [2.24, 2.45) is 16.6 Å². The topological polar surface area (TPSA) is 88.5 Å². The SMILES string of the molecule is CC(C)Cn1ccnc1CN=C(N)N1CCN(c2ncccn2)CC1.I. The number of nitrogens with two attached hydrogens (primary N) is 1. The lowest BCUT2D eigenvalue weighted by Gasteiger charge is -2.35. The van der Waals surface area contributed by atoms with Gasteiger partial charge in [0.2, 0.25) is 5.95 Å². The fourth-order valence-electron chi connectivity index (χ4n) is 2.89. The second-order valence-corrected chi connectivity index (χ2v) is 6.59. The van der Waals surface area contributed by atoms with E-state index in [9.17, 15) is 0 Å². The molecule has 1 saturated heterocycles. The predicted octanol–water partition coefficient (Wildman–Crippen LogP) is 1.58. The summed E-state index contributed by atoms with van der Waals surface area (Å²) in [4.78, 5) is 21.8. The standard InChI is InChI=1S/C17H26N8.HI/c1-14(2)13-25-7-6-19-15(25)12-22-16(18)23-8-10-24(11-9-23)17-20-4-3-5-21-17;/h3-7,14H,8-13H2,1-2H3,(H2,18,22);1H. The van der Waals surface area contributed by atoms with Gasteiger partial charge in [0.25, 0.3) is 0 Å². The Morgan fingerprint density at radius 1 is 1.12 bits per heavy atom. The number of hydrogen-bond acceptors (Lipinski definition) is 5. The summed E-state index contributed by atoms with van der Waals surface area (Å²) in [6.07, 6.45) is 7.36. The third kappa shape index (κ3) is 5.29. The minimum atomic E-state index is 0. The molecule has 142 valence electrons. The molecule has 8 nitrogen and oxygen atoms in total. The molecule has 1 aliphatic heterocycles. The smallest absolute Gasteiger partial charge is 0.225 e. The molecule has 9 heteroatoms. The predicted molar refractivity (Wildman–Crippen MR) is 114 cm³/mol. The molecule has 0 bridgehead atoms. The molecule has 0 radical (unpaired) electrons. The molecule has 3 heterocycles. The Labute approximate surface area is 171 Å². The Balaban J connectivity index is 0.00000243. The summed E-state index contributed by atoms with van der Waals surface area (Å²) >= 11 is 0. The van der Waals surface area contributed by atoms with Gasteiger partial charge >= 0.3 is 0 Å². The molecule has 26 heavy (non-hydrogen) atoms. The highest BCUT2D eigenvalue weighted by molar-refractivity contribution is 14.0. The molecular formula is C17H27IN8. The van der Waals surface area contributed by atoms with Crippen LogP contribution in [0.25, 0.3) is 0 Å². The molecule has 0 aliphatic carbocycles. The lowest BCUT2D eigenvalue weighted by Crippen LogP contribution is -2.51. The van der Waals surface area contributed by atoms with Gasteiger partial charge in [0.05, 0.1) is 0 Å². The lowest BCUT2D eigenvalue weighted by molar-refractivity contribution is 0.377. The van der Waals surface area contributed by atoms with E-state index in [0.29, 0.717) is 18.4 Å². The maximum Gasteiger partial charge on any atom is 0.225 e. The van der Waals surface area contributed by atoms with E-state index >= 15 is 0 Å². The van der Waals surface area contributed by atoms with Crippen molar-refractivity contribution < 1.29 is 0 Å². The van der Waals surface area contributed by atoms with Crippen LogP contribution in [0, 0.1) is 5.92 Å². The van der Waals surface area contributed by atoms with Crippen LogP contribution in [0.5, 0.6) is 0 Å². The summed E-state index contributed by atoms with van der Waals surface area (Å²) in [6, 6.07) is 1.83. The number of imidazole rings is 1. The van der Waals surface area contributed by atoms with Crippen LogP contribution >= 0.6 is 24.0 Å². The molecule has 0 saturated carbocycles. The maximum absolute atomic E-state index is 6.19. The number of rotatable bonds is 5. The molecule has 0 atom stereocenters. The average Bonchev–Trinajstić information content (AvgIpc) is 3.07. The minimum Gasteiger partial charge on any atom is -0.370 e. The van der Waals surface area contributed by atoms with Crippen LogP contribution < -0.4 is 10.6 Å². The van der Waals surface area contributed by atoms with Gasteiger partial charge in [-0.05, 0) is 12.0 Å². The Kier molecular flexibility index (Phi) is 7.61.